The Kier molecular flexibility index (Phi) is 6.41. The van der Waals surface area contributed by atoms with E-state index < -0.39 is 34.9 Å². The molecule has 2 aromatic carbocycles. The number of amides is 1. The van der Waals surface area contributed by atoms with Crippen molar-refractivity contribution in [1.29, 1.82) is 0 Å². The van der Waals surface area contributed by atoms with E-state index in [-0.39, 0.29) is 23.8 Å². The number of benzene rings is 2. The molecule has 1 amide bonds. The SMILES string of the molecule is CCOC(=O)c1cnn(-c2cc(C)c3cccc(OC)c3n2)c1NC(=O)c1ccc(F)c(F)c1F. The molecule has 0 aliphatic heterocycles. The summed E-state index contributed by atoms with van der Waals surface area (Å²) in [5.41, 5.74) is 0.377. The van der Waals surface area contributed by atoms with Crippen molar-refractivity contribution >= 4 is 28.6 Å². The summed E-state index contributed by atoms with van der Waals surface area (Å²) in [6.07, 6.45) is 1.15. The Morgan fingerprint density at radius 3 is 2.57 bits per heavy atom. The van der Waals surface area contributed by atoms with Crippen molar-refractivity contribution in [3.63, 3.8) is 0 Å². The fourth-order valence-electron chi connectivity index (χ4n) is 3.52. The highest BCUT2D eigenvalue weighted by Gasteiger charge is 2.25. The number of carbonyl (C=O) groups excluding carboxylic acids is 2. The van der Waals surface area contributed by atoms with E-state index >= 15 is 0 Å². The van der Waals surface area contributed by atoms with Crippen molar-refractivity contribution in [2.75, 3.05) is 19.0 Å². The molecule has 4 rings (SSSR count). The average molecular weight is 484 g/mol. The molecule has 2 aromatic heterocycles. The fraction of sp³-hybridized carbons (Fsp3) is 0.167. The van der Waals surface area contributed by atoms with Crippen molar-refractivity contribution in [3.8, 4) is 11.6 Å². The summed E-state index contributed by atoms with van der Waals surface area (Å²) in [6.45, 7) is 3.47. The Bertz CT molecular complexity index is 1470. The minimum absolute atomic E-state index is 0.0414. The number of fused-ring (bicyclic) bond motifs is 1. The van der Waals surface area contributed by atoms with Gasteiger partial charge in [0.1, 0.15) is 16.8 Å². The van der Waals surface area contributed by atoms with E-state index in [9.17, 15) is 22.8 Å². The maximum atomic E-state index is 14.2. The van der Waals surface area contributed by atoms with Gasteiger partial charge in [0, 0.05) is 5.39 Å². The first kappa shape index (κ1) is 23.7. The Balaban J connectivity index is 1.86. The molecule has 8 nitrogen and oxygen atoms in total. The van der Waals surface area contributed by atoms with Gasteiger partial charge in [-0.25, -0.2) is 22.9 Å². The predicted octanol–water partition coefficient (Wildman–Crippen LogP) is 4.58. The van der Waals surface area contributed by atoms with Crippen LogP contribution in [0.3, 0.4) is 0 Å². The van der Waals surface area contributed by atoms with Gasteiger partial charge in [-0.15, -0.1) is 0 Å². The molecule has 0 fully saturated rings. The number of aryl methyl sites for hydroxylation is 1. The molecular formula is C24H19F3N4O4. The van der Waals surface area contributed by atoms with E-state index in [0.717, 1.165) is 27.9 Å². The molecule has 0 unspecified atom stereocenters. The molecule has 11 heteroatoms. The summed E-state index contributed by atoms with van der Waals surface area (Å²) in [5, 5.41) is 7.33. The van der Waals surface area contributed by atoms with Crippen LogP contribution in [0.25, 0.3) is 16.7 Å². The van der Waals surface area contributed by atoms with Gasteiger partial charge < -0.3 is 14.8 Å². The van der Waals surface area contributed by atoms with Crippen LogP contribution in [0.15, 0.2) is 42.6 Å². The maximum absolute atomic E-state index is 14.2. The number of hydrogen-bond donors (Lipinski definition) is 1. The number of nitrogens with zero attached hydrogens (tertiary/aromatic N) is 3. The first-order valence-electron chi connectivity index (χ1n) is 10.4. The normalized spacial score (nSPS) is 10.9. The van der Waals surface area contributed by atoms with Gasteiger partial charge in [-0.3, -0.25) is 4.79 Å². The summed E-state index contributed by atoms with van der Waals surface area (Å²) in [5.74, 6) is -6.36. The van der Waals surface area contributed by atoms with Crippen LogP contribution < -0.4 is 10.1 Å². The first-order valence-corrected chi connectivity index (χ1v) is 10.4. The molecule has 0 aliphatic carbocycles. The molecule has 2 heterocycles. The van der Waals surface area contributed by atoms with E-state index in [4.69, 9.17) is 9.47 Å². The Morgan fingerprint density at radius 1 is 1.09 bits per heavy atom. The van der Waals surface area contributed by atoms with Gasteiger partial charge in [0.05, 0.1) is 25.5 Å². The molecule has 0 aliphatic rings. The Morgan fingerprint density at radius 2 is 1.86 bits per heavy atom. The van der Waals surface area contributed by atoms with Crippen molar-refractivity contribution in [1.82, 2.24) is 14.8 Å². The molecule has 35 heavy (non-hydrogen) atoms. The van der Waals surface area contributed by atoms with Crippen LogP contribution in [0.1, 0.15) is 33.2 Å². The van der Waals surface area contributed by atoms with Crippen molar-refractivity contribution in [3.05, 3.63) is 76.7 Å². The minimum atomic E-state index is -1.80. The maximum Gasteiger partial charge on any atom is 0.343 e. The second-order valence-electron chi connectivity index (χ2n) is 7.37. The zero-order valence-corrected chi connectivity index (χ0v) is 18.9. The number of pyridine rings is 1. The lowest BCUT2D eigenvalue weighted by atomic mass is 10.1. The number of methoxy groups -OCH3 is 1. The molecule has 0 radical (unpaired) electrons. The second-order valence-corrected chi connectivity index (χ2v) is 7.37. The van der Waals surface area contributed by atoms with E-state index in [0.29, 0.717) is 17.3 Å². The summed E-state index contributed by atoms with van der Waals surface area (Å²) in [7, 11) is 1.49. The number of para-hydroxylation sites is 1. The van der Waals surface area contributed by atoms with Crippen LogP contribution in [-0.2, 0) is 4.74 Å². The standard InChI is InChI=1S/C24H19F3N4O4/c1-4-35-24(33)15-11-28-31(18-10-12(2)13-6-5-7-17(34-3)21(13)29-18)22(15)30-23(32)14-8-9-16(25)20(27)19(14)26/h5-11H,4H2,1-3H3,(H,30,32). The van der Waals surface area contributed by atoms with Crippen LogP contribution in [0.2, 0.25) is 0 Å². The number of ether oxygens (including phenoxy) is 2. The van der Waals surface area contributed by atoms with Crippen molar-refractivity contribution in [2.24, 2.45) is 0 Å². The fourth-order valence-corrected chi connectivity index (χ4v) is 3.52. The van der Waals surface area contributed by atoms with E-state index in [1.54, 1.807) is 19.1 Å². The van der Waals surface area contributed by atoms with Gasteiger partial charge in [-0.2, -0.15) is 9.78 Å². The van der Waals surface area contributed by atoms with Gasteiger partial charge in [-0.05, 0) is 43.7 Å². The number of esters is 1. The van der Waals surface area contributed by atoms with Gasteiger partial charge in [-0.1, -0.05) is 12.1 Å². The lowest BCUT2D eigenvalue weighted by Gasteiger charge is -2.13. The second kappa shape index (κ2) is 9.45. The first-order chi connectivity index (χ1) is 16.8. The highest BCUT2D eigenvalue weighted by atomic mass is 19.2. The highest BCUT2D eigenvalue weighted by Crippen LogP contribution is 2.29. The lowest BCUT2D eigenvalue weighted by molar-refractivity contribution is 0.0527. The van der Waals surface area contributed by atoms with Crippen LogP contribution in [0.4, 0.5) is 19.0 Å². The third kappa shape index (κ3) is 4.27. The third-order valence-electron chi connectivity index (χ3n) is 5.21. The summed E-state index contributed by atoms with van der Waals surface area (Å²) in [6, 6.07) is 8.46. The van der Waals surface area contributed by atoms with Gasteiger partial charge in [0.25, 0.3) is 5.91 Å². The van der Waals surface area contributed by atoms with Crippen molar-refractivity contribution < 1.29 is 32.2 Å². The number of anilines is 1. The topological polar surface area (TPSA) is 95.3 Å². The monoisotopic (exact) mass is 484 g/mol. The molecule has 0 saturated carbocycles. The summed E-state index contributed by atoms with van der Waals surface area (Å²) >= 11 is 0. The molecule has 0 spiro atoms. The predicted molar refractivity (Wildman–Crippen MR) is 120 cm³/mol. The zero-order valence-electron chi connectivity index (χ0n) is 18.9. The largest absolute Gasteiger partial charge is 0.494 e. The van der Waals surface area contributed by atoms with Crippen molar-refractivity contribution in [2.45, 2.75) is 13.8 Å². The van der Waals surface area contributed by atoms with E-state index in [1.165, 1.54) is 7.11 Å². The number of halogens is 3. The zero-order chi connectivity index (χ0) is 25.3. The van der Waals surface area contributed by atoms with Crippen LogP contribution in [-0.4, -0.2) is 40.4 Å². The minimum Gasteiger partial charge on any atom is -0.494 e. The molecule has 180 valence electrons. The summed E-state index contributed by atoms with van der Waals surface area (Å²) < 4.78 is 52.8. The number of nitrogens with one attached hydrogen (secondary N) is 1. The quantitative estimate of drug-likeness (QED) is 0.318. The van der Waals surface area contributed by atoms with Gasteiger partial charge >= 0.3 is 5.97 Å². The van der Waals surface area contributed by atoms with Gasteiger partial charge in [0.2, 0.25) is 0 Å². The molecular weight excluding hydrogens is 465 g/mol. The van der Waals surface area contributed by atoms with Crippen LogP contribution >= 0.6 is 0 Å². The van der Waals surface area contributed by atoms with E-state index in [2.05, 4.69) is 15.4 Å². The molecule has 0 bridgehead atoms. The molecule has 0 saturated heterocycles. The number of aromatic nitrogens is 3. The molecule has 1 N–H and O–H groups in total. The average Bonchev–Trinajstić information content (AvgIpc) is 3.25. The lowest BCUT2D eigenvalue weighted by Crippen LogP contribution is -2.20. The Labute approximate surface area is 197 Å². The smallest absolute Gasteiger partial charge is 0.343 e. The third-order valence-corrected chi connectivity index (χ3v) is 5.21. The van der Waals surface area contributed by atoms with Crippen LogP contribution in [0, 0.1) is 24.4 Å². The molecule has 4 aromatic rings. The number of rotatable bonds is 6. The molecule has 0 atom stereocenters. The Hall–Kier alpha value is -4.41. The number of hydrogen-bond acceptors (Lipinski definition) is 6. The number of carbonyl (C=O) groups is 2. The van der Waals surface area contributed by atoms with Gasteiger partial charge in [0.15, 0.2) is 29.1 Å². The summed E-state index contributed by atoms with van der Waals surface area (Å²) in [4.78, 5) is 29.9. The van der Waals surface area contributed by atoms with Crippen LogP contribution in [0.5, 0.6) is 5.75 Å². The highest BCUT2D eigenvalue weighted by molar-refractivity contribution is 6.07. The van der Waals surface area contributed by atoms with E-state index in [1.807, 2.05) is 19.1 Å².